The van der Waals surface area contributed by atoms with E-state index in [1.54, 1.807) is 0 Å². The highest BCUT2D eigenvalue weighted by molar-refractivity contribution is 5.20. The van der Waals surface area contributed by atoms with Gasteiger partial charge in [-0.1, -0.05) is 20.3 Å². The zero-order valence-electron chi connectivity index (χ0n) is 10.8. The molecule has 2 unspecified atom stereocenters. The van der Waals surface area contributed by atoms with Crippen LogP contribution in [0.1, 0.15) is 45.2 Å². The number of aromatic hydroxyl groups is 1. The third-order valence-corrected chi connectivity index (χ3v) is 3.22. The second kappa shape index (κ2) is 5.21. The van der Waals surface area contributed by atoms with Crippen molar-refractivity contribution in [3.8, 4) is 5.88 Å². The number of aromatic nitrogens is 2. The molecule has 0 saturated heterocycles. The quantitative estimate of drug-likeness (QED) is 0.838. The lowest BCUT2D eigenvalue weighted by atomic mass is 10.0. The van der Waals surface area contributed by atoms with E-state index in [4.69, 9.17) is 0 Å². The second-order valence-corrected chi connectivity index (χ2v) is 4.68. The summed E-state index contributed by atoms with van der Waals surface area (Å²) in [5.41, 5.74) is -0.894. The molecule has 5 heteroatoms. The zero-order valence-corrected chi connectivity index (χ0v) is 10.8. The molecule has 0 fully saturated rings. The van der Waals surface area contributed by atoms with E-state index in [2.05, 4.69) is 18.8 Å². The van der Waals surface area contributed by atoms with Gasteiger partial charge in [-0.2, -0.15) is 0 Å². The first-order valence-corrected chi connectivity index (χ1v) is 5.92. The molecule has 1 rings (SSSR count). The highest BCUT2D eigenvalue weighted by atomic mass is 16.3. The van der Waals surface area contributed by atoms with Gasteiger partial charge in [0.25, 0.3) is 5.56 Å². The van der Waals surface area contributed by atoms with Crippen LogP contribution in [0, 0.1) is 12.8 Å². The van der Waals surface area contributed by atoms with Crippen molar-refractivity contribution < 1.29 is 5.11 Å². The van der Waals surface area contributed by atoms with Crippen LogP contribution >= 0.6 is 0 Å². The van der Waals surface area contributed by atoms with Gasteiger partial charge < -0.3 is 5.11 Å². The van der Waals surface area contributed by atoms with Crippen LogP contribution in [0.4, 0.5) is 0 Å². The third-order valence-electron chi connectivity index (χ3n) is 3.22. The fraction of sp³-hybridized carbons (Fsp3) is 0.667. The molecule has 5 nitrogen and oxygen atoms in total. The molecule has 1 aromatic rings. The molecule has 0 spiro atoms. The Kier molecular flexibility index (Phi) is 4.15. The minimum absolute atomic E-state index is 0.131. The maximum Gasteiger partial charge on any atom is 0.331 e. The van der Waals surface area contributed by atoms with Gasteiger partial charge in [0.2, 0.25) is 5.88 Å². The predicted octanol–water partition coefficient (Wildman–Crippen LogP) is 1.55. The summed E-state index contributed by atoms with van der Waals surface area (Å²) in [6.07, 6.45) is 1.80. The van der Waals surface area contributed by atoms with Gasteiger partial charge in [-0.3, -0.25) is 14.3 Å². The molecule has 0 aliphatic carbocycles. The summed E-state index contributed by atoms with van der Waals surface area (Å²) in [7, 11) is 0. The van der Waals surface area contributed by atoms with Gasteiger partial charge >= 0.3 is 5.69 Å². The first-order valence-electron chi connectivity index (χ1n) is 5.92. The van der Waals surface area contributed by atoms with Crippen molar-refractivity contribution in [2.24, 2.45) is 5.92 Å². The van der Waals surface area contributed by atoms with Gasteiger partial charge in [-0.05, 0) is 26.2 Å². The van der Waals surface area contributed by atoms with Crippen molar-refractivity contribution in [2.45, 2.75) is 46.6 Å². The number of nitrogens with one attached hydrogen (secondary N) is 1. The molecular formula is C12H20N2O3. The summed E-state index contributed by atoms with van der Waals surface area (Å²) in [5.74, 6) is 0.234. The summed E-state index contributed by atoms with van der Waals surface area (Å²) in [6, 6.07) is -0.131. The molecule has 1 aromatic heterocycles. The van der Waals surface area contributed by atoms with Crippen LogP contribution in [0.5, 0.6) is 5.88 Å². The van der Waals surface area contributed by atoms with Crippen LogP contribution in [-0.4, -0.2) is 14.7 Å². The molecule has 0 saturated carbocycles. The Morgan fingerprint density at radius 3 is 2.47 bits per heavy atom. The maximum atomic E-state index is 11.7. The van der Waals surface area contributed by atoms with Crippen molar-refractivity contribution >= 4 is 0 Å². The van der Waals surface area contributed by atoms with E-state index in [1.807, 2.05) is 6.92 Å². The summed E-state index contributed by atoms with van der Waals surface area (Å²) in [5, 5.41) is 9.86. The molecule has 96 valence electrons. The van der Waals surface area contributed by atoms with Crippen LogP contribution < -0.4 is 11.2 Å². The van der Waals surface area contributed by atoms with Gasteiger partial charge in [0, 0.05) is 6.04 Å². The molecule has 0 aromatic carbocycles. The number of aromatic amines is 1. The zero-order chi connectivity index (χ0) is 13.2. The Labute approximate surface area is 100 Å². The highest BCUT2D eigenvalue weighted by Crippen LogP contribution is 2.22. The Bertz CT molecular complexity index is 501. The molecule has 0 bridgehead atoms. The monoisotopic (exact) mass is 240 g/mol. The number of nitrogens with zero attached hydrogens (tertiary/aromatic N) is 1. The largest absolute Gasteiger partial charge is 0.494 e. The average molecular weight is 240 g/mol. The van der Waals surface area contributed by atoms with Crippen LogP contribution in [0.25, 0.3) is 0 Å². The van der Waals surface area contributed by atoms with Gasteiger partial charge in [0.05, 0.1) is 5.56 Å². The first-order chi connectivity index (χ1) is 7.88. The van der Waals surface area contributed by atoms with Gasteiger partial charge in [-0.25, -0.2) is 4.79 Å². The van der Waals surface area contributed by atoms with Crippen molar-refractivity contribution in [3.63, 3.8) is 0 Å². The van der Waals surface area contributed by atoms with Gasteiger partial charge in [-0.15, -0.1) is 0 Å². The summed E-state index contributed by atoms with van der Waals surface area (Å²) < 4.78 is 1.25. The lowest BCUT2D eigenvalue weighted by Gasteiger charge is -2.19. The topological polar surface area (TPSA) is 75.1 Å². The molecule has 0 aliphatic heterocycles. The van der Waals surface area contributed by atoms with Crippen molar-refractivity contribution in [3.05, 3.63) is 26.4 Å². The lowest BCUT2D eigenvalue weighted by Crippen LogP contribution is -2.33. The minimum atomic E-state index is -0.547. The Balaban J connectivity index is 3.19. The Morgan fingerprint density at radius 1 is 1.35 bits per heavy atom. The van der Waals surface area contributed by atoms with Crippen LogP contribution in [-0.2, 0) is 0 Å². The molecule has 17 heavy (non-hydrogen) atoms. The molecular weight excluding hydrogens is 220 g/mol. The summed E-state index contributed by atoms with van der Waals surface area (Å²) in [6.45, 7) is 7.54. The third kappa shape index (κ3) is 2.78. The van der Waals surface area contributed by atoms with Crippen molar-refractivity contribution in [1.82, 2.24) is 9.55 Å². The molecule has 2 atom stereocenters. The number of hydrogen-bond donors (Lipinski definition) is 2. The highest BCUT2D eigenvalue weighted by Gasteiger charge is 2.17. The van der Waals surface area contributed by atoms with Gasteiger partial charge in [0.15, 0.2) is 0 Å². The van der Waals surface area contributed by atoms with Crippen molar-refractivity contribution in [1.29, 1.82) is 0 Å². The number of H-pyrrole nitrogens is 1. The average Bonchev–Trinajstić information content (AvgIpc) is 2.25. The van der Waals surface area contributed by atoms with Gasteiger partial charge in [0.1, 0.15) is 0 Å². The summed E-state index contributed by atoms with van der Waals surface area (Å²) >= 11 is 0. The molecule has 0 radical (unpaired) electrons. The first kappa shape index (κ1) is 13.5. The molecule has 2 N–H and O–H groups in total. The fourth-order valence-electron chi connectivity index (χ4n) is 1.89. The second-order valence-electron chi connectivity index (χ2n) is 4.68. The standard InChI is InChI=1S/C12H20N2O3/c1-5-7(2)6-8(3)14-11(16)9(4)10(15)13-12(14)17/h7-8,16H,5-6H2,1-4H3,(H,13,15,17). The van der Waals surface area contributed by atoms with E-state index in [0.717, 1.165) is 12.8 Å². The normalized spacial score (nSPS) is 14.6. The molecule has 0 aliphatic rings. The summed E-state index contributed by atoms with van der Waals surface area (Å²) in [4.78, 5) is 25.2. The number of hydrogen-bond acceptors (Lipinski definition) is 3. The van der Waals surface area contributed by atoms with E-state index >= 15 is 0 Å². The van der Waals surface area contributed by atoms with E-state index in [-0.39, 0.29) is 17.5 Å². The van der Waals surface area contributed by atoms with E-state index in [1.165, 1.54) is 11.5 Å². The SMILES string of the molecule is CCC(C)CC(C)n1c(O)c(C)c(=O)[nH]c1=O. The Morgan fingerprint density at radius 2 is 1.94 bits per heavy atom. The van der Waals surface area contributed by atoms with E-state index < -0.39 is 11.2 Å². The maximum absolute atomic E-state index is 11.7. The lowest BCUT2D eigenvalue weighted by molar-refractivity contribution is 0.328. The molecule has 0 amide bonds. The van der Waals surface area contributed by atoms with Crippen LogP contribution in [0.2, 0.25) is 0 Å². The van der Waals surface area contributed by atoms with E-state index in [0.29, 0.717) is 5.92 Å². The predicted molar refractivity (Wildman–Crippen MR) is 66.5 cm³/mol. The van der Waals surface area contributed by atoms with Crippen molar-refractivity contribution in [2.75, 3.05) is 0 Å². The van der Waals surface area contributed by atoms with Crippen LogP contribution in [0.3, 0.4) is 0 Å². The van der Waals surface area contributed by atoms with Crippen LogP contribution in [0.15, 0.2) is 9.59 Å². The molecule has 1 heterocycles. The van der Waals surface area contributed by atoms with E-state index in [9.17, 15) is 14.7 Å². The number of rotatable bonds is 4. The smallest absolute Gasteiger partial charge is 0.331 e. The minimum Gasteiger partial charge on any atom is -0.494 e. The fourth-order valence-corrected chi connectivity index (χ4v) is 1.89. The Hall–Kier alpha value is -1.52.